The highest BCUT2D eigenvalue weighted by Crippen LogP contribution is 2.16. The SMILES string of the molecule is COc1ccc(Cc2n[nH]c(C)c2C=O)cc1. The van der Waals surface area contributed by atoms with Crippen molar-refractivity contribution in [1.29, 1.82) is 0 Å². The lowest BCUT2D eigenvalue weighted by atomic mass is 10.1. The standard InChI is InChI=1S/C13H14N2O2/c1-9-12(8-16)13(15-14-9)7-10-3-5-11(17-2)6-4-10/h3-6,8H,7H2,1-2H3,(H,14,15). The van der Waals surface area contributed by atoms with Gasteiger partial charge in [0.2, 0.25) is 0 Å². The molecule has 0 saturated heterocycles. The first kappa shape index (κ1) is 11.4. The number of hydrogen-bond donors (Lipinski definition) is 1. The Labute approximate surface area is 99.6 Å². The fourth-order valence-electron chi connectivity index (χ4n) is 1.72. The van der Waals surface area contributed by atoms with E-state index in [0.717, 1.165) is 29.0 Å². The molecule has 0 radical (unpaired) electrons. The third-order valence-electron chi connectivity index (χ3n) is 2.72. The molecular weight excluding hydrogens is 216 g/mol. The summed E-state index contributed by atoms with van der Waals surface area (Å²) in [5.74, 6) is 0.822. The Bertz CT molecular complexity index is 515. The predicted octanol–water partition coefficient (Wildman–Crippen LogP) is 2.13. The normalized spacial score (nSPS) is 10.2. The van der Waals surface area contributed by atoms with Crippen molar-refractivity contribution in [1.82, 2.24) is 10.2 Å². The van der Waals surface area contributed by atoms with Crippen molar-refractivity contribution in [3.8, 4) is 5.75 Å². The molecule has 0 aliphatic rings. The lowest BCUT2D eigenvalue weighted by Gasteiger charge is -2.02. The molecule has 1 N–H and O–H groups in total. The number of carbonyl (C=O) groups excluding carboxylic acids is 1. The average molecular weight is 230 g/mol. The number of nitrogens with one attached hydrogen (secondary N) is 1. The smallest absolute Gasteiger partial charge is 0.153 e. The molecule has 0 unspecified atom stereocenters. The van der Waals surface area contributed by atoms with Crippen LogP contribution in [-0.4, -0.2) is 23.6 Å². The number of methoxy groups -OCH3 is 1. The summed E-state index contributed by atoms with van der Waals surface area (Å²) in [6.07, 6.45) is 1.49. The predicted molar refractivity (Wildman–Crippen MR) is 64.5 cm³/mol. The highest BCUT2D eigenvalue weighted by Gasteiger charge is 2.09. The molecule has 0 fully saturated rings. The summed E-state index contributed by atoms with van der Waals surface area (Å²) in [6.45, 7) is 1.84. The Balaban J connectivity index is 2.22. The van der Waals surface area contributed by atoms with Crippen LogP contribution in [0.15, 0.2) is 24.3 Å². The zero-order valence-corrected chi connectivity index (χ0v) is 9.86. The van der Waals surface area contributed by atoms with E-state index < -0.39 is 0 Å². The van der Waals surface area contributed by atoms with Crippen LogP contribution in [0.1, 0.15) is 27.3 Å². The number of H-pyrrole nitrogens is 1. The van der Waals surface area contributed by atoms with E-state index in [2.05, 4.69) is 10.2 Å². The van der Waals surface area contributed by atoms with E-state index in [1.54, 1.807) is 7.11 Å². The number of nitrogens with zero attached hydrogens (tertiary/aromatic N) is 1. The van der Waals surface area contributed by atoms with Crippen LogP contribution in [0, 0.1) is 6.92 Å². The maximum absolute atomic E-state index is 10.9. The highest BCUT2D eigenvalue weighted by atomic mass is 16.5. The second kappa shape index (κ2) is 4.82. The van der Waals surface area contributed by atoms with Gasteiger partial charge in [0.05, 0.1) is 18.4 Å². The molecule has 1 heterocycles. The molecule has 2 rings (SSSR count). The van der Waals surface area contributed by atoms with Gasteiger partial charge in [0, 0.05) is 12.1 Å². The summed E-state index contributed by atoms with van der Waals surface area (Å²) in [4.78, 5) is 10.9. The largest absolute Gasteiger partial charge is 0.497 e. The number of aromatic amines is 1. The first-order chi connectivity index (χ1) is 8.24. The molecule has 0 aliphatic heterocycles. The van der Waals surface area contributed by atoms with Gasteiger partial charge in [-0.15, -0.1) is 0 Å². The average Bonchev–Trinajstić information content (AvgIpc) is 2.71. The van der Waals surface area contributed by atoms with Crippen LogP contribution in [0.3, 0.4) is 0 Å². The number of hydrogen-bond acceptors (Lipinski definition) is 3. The molecule has 0 spiro atoms. The van der Waals surface area contributed by atoms with E-state index in [9.17, 15) is 4.79 Å². The van der Waals surface area contributed by atoms with Crippen molar-refractivity contribution in [3.63, 3.8) is 0 Å². The minimum Gasteiger partial charge on any atom is -0.497 e. The monoisotopic (exact) mass is 230 g/mol. The van der Waals surface area contributed by atoms with E-state index in [1.165, 1.54) is 0 Å². The molecule has 88 valence electrons. The molecule has 0 aliphatic carbocycles. The molecule has 4 heteroatoms. The van der Waals surface area contributed by atoms with Crippen molar-refractivity contribution in [2.24, 2.45) is 0 Å². The summed E-state index contributed by atoms with van der Waals surface area (Å²) in [5.41, 5.74) is 3.34. The first-order valence-electron chi connectivity index (χ1n) is 5.36. The Morgan fingerprint density at radius 3 is 2.65 bits per heavy atom. The Hall–Kier alpha value is -2.10. The van der Waals surface area contributed by atoms with E-state index in [0.29, 0.717) is 12.0 Å². The van der Waals surface area contributed by atoms with Crippen LogP contribution in [0.25, 0.3) is 0 Å². The van der Waals surface area contributed by atoms with E-state index in [4.69, 9.17) is 4.74 Å². The molecule has 17 heavy (non-hydrogen) atoms. The molecular formula is C13H14N2O2. The summed E-state index contributed by atoms with van der Waals surface area (Å²) in [6, 6.07) is 7.74. The fraction of sp³-hybridized carbons (Fsp3) is 0.231. The number of ether oxygens (including phenoxy) is 1. The van der Waals surface area contributed by atoms with Gasteiger partial charge in [-0.1, -0.05) is 12.1 Å². The van der Waals surface area contributed by atoms with Crippen molar-refractivity contribution in [2.75, 3.05) is 7.11 Å². The van der Waals surface area contributed by atoms with E-state index in [-0.39, 0.29) is 0 Å². The van der Waals surface area contributed by atoms with Crippen LogP contribution < -0.4 is 4.74 Å². The van der Waals surface area contributed by atoms with Crippen molar-refractivity contribution in [3.05, 3.63) is 46.8 Å². The number of benzene rings is 1. The second-order valence-corrected chi connectivity index (χ2v) is 3.85. The molecule has 0 atom stereocenters. The van der Waals surface area contributed by atoms with Crippen LogP contribution in [-0.2, 0) is 6.42 Å². The fourth-order valence-corrected chi connectivity index (χ4v) is 1.72. The summed E-state index contributed by atoms with van der Waals surface area (Å²) in [7, 11) is 1.64. The maximum atomic E-state index is 10.9. The van der Waals surface area contributed by atoms with Gasteiger partial charge in [-0.2, -0.15) is 5.10 Å². The van der Waals surface area contributed by atoms with Gasteiger partial charge >= 0.3 is 0 Å². The van der Waals surface area contributed by atoms with Crippen molar-refractivity contribution < 1.29 is 9.53 Å². The highest BCUT2D eigenvalue weighted by molar-refractivity contribution is 5.78. The Morgan fingerprint density at radius 1 is 1.35 bits per heavy atom. The number of aryl methyl sites for hydroxylation is 1. The third kappa shape index (κ3) is 2.36. The Kier molecular flexibility index (Phi) is 3.23. The number of carbonyl (C=O) groups is 1. The zero-order chi connectivity index (χ0) is 12.3. The summed E-state index contributed by atoms with van der Waals surface area (Å²) >= 11 is 0. The number of aromatic nitrogens is 2. The van der Waals surface area contributed by atoms with Crippen molar-refractivity contribution >= 4 is 6.29 Å². The second-order valence-electron chi connectivity index (χ2n) is 3.85. The van der Waals surface area contributed by atoms with Gasteiger partial charge in [0.1, 0.15) is 5.75 Å². The lowest BCUT2D eigenvalue weighted by molar-refractivity contribution is 0.112. The number of aldehydes is 1. The van der Waals surface area contributed by atoms with Gasteiger partial charge in [-0.25, -0.2) is 0 Å². The topological polar surface area (TPSA) is 55.0 Å². The molecule has 1 aromatic heterocycles. The molecule has 2 aromatic rings. The zero-order valence-electron chi connectivity index (χ0n) is 9.86. The van der Waals surface area contributed by atoms with Crippen LogP contribution in [0.4, 0.5) is 0 Å². The van der Waals surface area contributed by atoms with Crippen LogP contribution in [0.5, 0.6) is 5.75 Å². The maximum Gasteiger partial charge on any atom is 0.153 e. The summed E-state index contributed by atoms with van der Waals surface area (Å²) in [5, 5.41) is 6.96. The quantitative estimate of drug-likeness (QED) is 0.818. The minimum atomic E-state index is 0.641. The molecule has 4 nitrogen and oxygen atoms in total. The first-order valence-corrected chi connectivity index (χ1v) is 5.36. The minimum absolute atomic E-state index is 0.641. The van der Waals surface area contributed by atoms with Gasteiger partial charge in [0.25, 0.3) is 0 Å². The van der Waals surface area contributed by atoms with Gasteiger partial charge in [0.15, 0.2) is 6.29 Å². The van der Waals surface area contributed by atoms with Crippen LogP contribution in [0.2, 0.25) is 0 Å². The molecule has 0 saturated carbocycles. The Morgan fingerprint density at radius 2 is 2.06 bits per heavy atom. The number of rotatable bonds is 4. The van der Waals surface area contributed by atoms with Crippen LogP contribution >= 0.6 is 0 Å². The van der Waals surface area contributed by atoms with Crippen molar-refractivity contribution in [2.45, 2.75) is 13.3 Å². The van der Waals surface area contributed by atoms with Gasteiger partial charge in [-0.3, -0.25) is 9.89 Å². The molecule has 0 amide bonds. The van der Waals surface area contributed by atoms with E-state index in [1.807, 2.05) is 31.2 Å². The third-order valence-corrected chi connectivity index (χ3v) is 2.72. The molecule has 1 aromatic carbocycles. The lowest BCUT2D eigenvalue weighted by Crippen LogP contribution is -1.94. The van der Waals surface area contributed by atoms with Gasteiger partial charge in [-0.05, 0) is 24.6 Å². The summed E-state index contributed by atoms with van der Waals surface area (Å²) < 4.78 is 5.09. The van der Waals surface area contributed by atoms with Gasteiger partial charge < -0.3 is 4.74 Å². The van der Waals surface area contributed by atoms with E-state index >= 15 is 0 Å². The molecule has 0 bridgehead atoms.